The van der Waals surface area contributed by atoms with Crippen LogP contribution >= 0.6 is 11.8 Å². The van der Waals surface area contributed by atoms with Crippen LogP contribution < -0.4 is 0 Å². The summed E-state index contributed by atoms with van der Waals surface area (Å²) < 4.78 is 10.2. The van der Waals surface area contributed by atoms with Gasteiger partial charge in [-0.05, 0) is 31.6 Å². The molecular weight excluding hydrogens is 184 g/mol. The van der Waals surface area contributed by atoms with Crippen LogP contribution in [0.1, 0.15) is 18.6 Å². The fourth-order valence-corrected chi connectivity index (χ4v) is 2.03. The average Bonchev–Trinajstić information content (AvgIpc) is 2.52. The molecule has 0 spiro atoms. The van der Waals surface area contributed by atoms with Crippen molar-refractivity contribution in [2.45, 2.75) is 24.7 Å². The summed E-state index contributed by atoms with van der Waals surface area (Å²) in [6.45, 7) is 2.86. The second-order valence-corrected chi connectivity index (χ2v) is 4.03. The van der Waals surface area contributed by atoms with Gasteiger partial charge in [-0.15, -0.1) is 11.8 Å². The highest BCUT2D eigenvalue weighted by molar-refractivity contribution is 7.99. The summed E-state index contributed by atoms with van der Waals surface area (Å²) in [5.41, 5.74) is 0. The van der Waals surface area contributed by atoms with Gasteiger partial charge in [-0.25, -0.2) is 0 Å². The molecule has 0 saturated carbocycles. The molecule has 0 aromatic carbocycles. The molecule has 13 heavy (non-hydrogen) atoms. The van der Waals surface area contributed by atoms with Crippen molar-refractivity contribution in [1.82, 2.24) is 0 Å². The zero-order valence-corrected chi connectivity index (χ0v) is 9.02. The molecule has 0 atom stereocenters. The molecule has 1 heterocycles. The number of hydrogen-bond donors (Lipinski definition) is 0. The van der Waals surface area contributed by atoms with Crippen molar-refractivity contribution < 1.29 is 9.15 Å². The summed E-state index contributed by atoms with van der Waals surface area (Å²) in [6, 6.07) is 2.02. The Morgan fingerprint density at radius 2 is 2.31 bits per heavy atom. The van der Waals surface area contributed by atoms with Crippen molar-refractivity contribution in [3.8, 4) is 0 Å². The van der Waals surface area contributed by atoms with Crippen LogP contribution in [-0.4, -0.2) is 19.5 Å². The number of aryl methyl sites for hydroxylation is 1. The molecule has 0 fully saturated rings. The van der Waals surface area contributed by atoms with Gasteiger partial charge in [0.05, 0.1) is 6.26 Å². The Kier molecular flexibility index (Phi) is 5.01. The van der Waals surface area contributed by atoms with Crippen molar-refractivity contribution in [3.05, 3.63) is 18.1 Å². The normalized spacial score (nSPS) is 10.6. The van der Waals surface area contributed by atoms with Crippen molar-refractivity contribution in [3.63, 3.8) is 0 Å². The number of ether oxygens (including phenoxy) is 1. The molecule has 1 aromatic rings. The minimum absolute atomic E-state index is 0.866. The Morgan fingerprint density at radius 1 is 1.46 bits per heavy atom. The maximum Gasteiger partial charge on any atom is 0.114 e. The number of hydrogen-bond acceptors (Lipinski definition) is 3. The van der Waals surface area contributed by atoms with E-state index in [0.29, 0.717) is 0 Å². The van der Waals surface area contributed by atoms with Crippen LogP contribution in [0.3, 0.4) is 0 Å². The first-order chi connectivity index (χ1) is 6.34. The van der Waals surface area contributed by atoms with E-state index in [0.717, 1.165) is 24.5 Å². The Morgan fingerprint density at radius 3 is 2.92 bits per heavy atom. The van der Waals surface area contributed by atoms with Gasteiger partial charge in [-0.2, -0.15) is 0 Å². The van der Waals surface area contributed by atoms with E-state index in [2.05, 4.69) is 0 Å². The van der Waals surface area contributed by atoms with E-state index in [1.807, 2.05) is 24.8 Å². The molecule has 1 rings (SSSR count). The van der Waals surface area contributed by atoms with Gasteiger partial charge in [0.1, 0.15) is 5.76 Å². The van der Waals surface area contributed by atoms with Gasteiger partial charge >= 0.3 is 0 Å². The second kappa shape index (κ2) is 6.11. The van der Waals surface area contributed by atoms with Gasteiger partial charge in [-0.1, -0.05) is 0 Å². The standard InChI is InChI=1S/C10H16O2S/c1-9-10(5-7-12-9)13-8-4-3-6-11-2/h5,7H,3-4,6,8H2,1-2H3. The molecular formula is C10H16O2S. The summed E-state index contributed by atoms with van der Waals surface area (Å²) in [5.74, 6) is 2.17. The highest BCUT2D eigenvalue weighted by atomic mass is 32.2. The summed E-state index contributed by atoms with van der Waals surface area (Å²) in [5, 5.41) is 0. The van der Waals surface area contributed by atoms with Crippen LogP contribution in [0.5, 0.6) is 0 Å². The van der Waals surface area contributed by atoms with Crippen molar-refractivity contribution >= 4 is 11.8 Å². The third-order valence-electron chi connectivity index (χ3n) is 1.81. The van der Waals surface area contributed by atoms with E-state index < -0.39 is 0 Å². The third-order valence-corrected chi connectivity index (χ3v) is 3.04. The van der Waals surface area contributed by atoms with E-state index >= 15 is 0 Å². The molecule has 74 valence electrons. The van der Waals surface area contributed by atoms with Crippen molar-refractivity contribution in [2.75, 3.05) is 19.5 Å². The van der Waals surface area contributed by atoms with Gasteiger partial charge in [0.15, 0.2) is 0 Å². The molecule has 0 aliphatic heterocycles. The minimum atomic E-state index is 0.866. The molecule has 0 N–H and O–H groups in total. The van der Waals surface area contributed by atoms with Crippen LogP contribution in [0, 0.1) is 6.92 Å². The zero-order valence-electron chi connectivity index (χ0n) is 8.21. The lowest BCUT2D eigenvalue weighted by Crippen LogP contribution is -1.89. The molecule has 2 nitrogen and oxygen atoms in total. The zero-order chi connectivity index (χ0) is 9.52. The third kappa shape index (κ3) is 3.87. The molecule has 0 unspecified atom stereocenters. The van der Waals surface area contributed by atoms with E-state index in [1.54, 1.807) is 13.4 Å². The lowest BCUT2D eigenvalue weighted by molar-refractivity contribution is 0.194. The van der Waals surface area contributed by atoms with E-state index in [9.17, 15) is 0 Å². The van der Waals surface area contributed by atoms with Gasteiger partial charge in [-0.3, -0.25) is 0 Å². The summed E-state index contributed by atoms with van der Waals surface area (Å²) >= 11 is 1.85. The molecule has 0 radical (unpaired) electrons. The average molecular weight is 200 g/mol. The maximum absolute atomic E-state index is 5.20. The monoisotopic (exact) mass is 200 g/mol. The topological polar surface area (TPSA) is 22.4 Å². The number of methoxy groups -OCH3 is 1. The van der Waals surface area contributed by atoms with Gasteiger partial charge in [0.2, 0.25) is 0 Å². The summed E-state index contributed by atoms with van der Waals surface area (Å²) in [4.78, 5) is 1.26. The molecule has 1 aromatic heterocycles. The van der Waals surface area contributed by atoms with Crippen LogP contribution in [0.4, 0.5) is 0 Å². The fourth-order valence-electron chi connectivity index (χ4n) is 1.05. The van der Waals surface area contributed by atoms with Crippen LogP contribution in [-0.2, 0) is 4.74 Å². The number of furan rings is 1. The number of thioether (sulfide) groups is 1. The largest absolute Gasteiger partial charge is 0.468 e. The van der Waals surface area contributed by atoms with Crippen molar-refractivity contribution in [1.29, 1.82) is 0 Å². The molecule has 0 aliphatic rings. The van der Waals surface area contributed by atoms with E-state index in [1.165, 1.54) is 11.3 Å². The Bertz CT molecular complexity index is 233. The SMILES string of the molecule is COCCCCSc1ccoc1C. The van der Waals surface area contributed by atoms with Crippen molar-refractivity contribution in [2.24, 2.45) is 0 Å². The Balaban J connectivity index is 2.10. The lowest BCUT2D eigenvalue weighted by atomic mass is 10.4. The van der Waals surface area contributed by atoms with Gasteiger partial charge < -0.3 is 9.15 Å². The van der Waals surface area contributed by atoms with E-state index in [4.69, 9.17) is 9.15 Å². The smallest absolute Gasteiger partial charge is 0.114 e. The quantitative estimate of drug-likeness (QED) is 0.520. The maximum atomic E-state index is 5.20. The first kappa shape index (κ1) is 10.7. The number of unbranched alkanes of at least 4 members (excludes halogenated alkanes) is 1. The lowest BCUT2D eigenvalue weighted by Gasteiger charge is -1.99. The highest BCUT2D eigenvalue weighted by Gasteiger charge is 2.00. The molecule has 0 bridgehead atoms. The van der Waals surface area contributed by atoms with Gasteiger partial charge in [0.25, 0.3) is 0 Å². The molecule has 0 saturated heterocycles. The molecule has 0 aliphatic carbocycles. The second-order valence-electron chi connectivity index (χ2n) is 2.89. The number of rotatable bonds is 6. The summed E-state index contributed by atoms with van der Waals surface area (Å²) in [7, 11) is 1.74. The van der Waals surface area contributed by atoms with E-state index in [-0.39, 0.29) is 0 Å². The minimum Gasteiger partial charge on any atom is -0.468 e. The van der Waals surface area contributed by atoms with Crippen LogP contribution in [0.25, 0.3) is 0 Å². The first-order valence-electron chi connectivity index (χ1n) is 4.50. The molecule has 0 amide bonds. The Hall–Kier alpha value is -0.410. The first-order valence-corrected chi connectivity index (χ1v) is 5.49. The predicted octanol–water partition coefficient (Wildman–Crippen LogP) is 3.11. The fraction of sp³-hybridized carbons (Fsp3) is 0.600. The predicted molar refractivity (Wildman–Crippen MR) is 55.3 cm³/mol. The van der Waals surface area contributed by atoms with Crippen LogP contribution in [0.15, 0.2) is 21.6 Å². The van der Waals surface area contributed by atoms with Gasteiger partial charge in [0, 0.05) is 18.6 Å². The molecule has 3 heteroatoms. The summed E-state index contributed by atoms with van der Waals surface area (Å²) in [6.07, 6.45) is 4.08. The Labute approximate surface area is 83.7 Å². The highest BCUT2D eigenvalue weighted by Crippen LogP contribution is 2.23. The van der Waals surface area contributed by atoms with Crippen LogP contribution in [0.2, 0.25) is 0 Å².